The molecule has 0 saturated carbocycles. The lowest BCUT2D eigenvalue weighted by atomic mass is 9.98. The first-order chi connectivity index (χ1) is 24.5. The molecule has 0 bridgehead atoms. The second kappa shape index (κ2) is 15.9. The van der Waals surface area contributed by atoms with Crippen molar-refractivity contribution >= 4 is 22.5 Å². The average Bonchev–Trinajstić information content (AvgIpc) is 3.53. The van der Waals surface area contributed by atoms with Gasteiger partial charge in [-0.05, 0) is 42.7 Å². The van der Waals surface area contributed by atoms with Crippen molar-refractivity contribution in [2.45, 2.75) is 31.2 Å². The van der Waals surface area contributed by atoms with E-state index in [2.05, 4.69) is 19.9 Å². The number of H-pyrrole nitrogens is 1. The molecule has 2 saturated heterocycles. The van der Waals surface area contributed by atoms with Crippen LogP contribution < -0.4 is 0 Å². The Bertz CT molecular complexity index is 1770. The SMILES string of the molecule is O=C(c1cc(C(F)(F)F)cc(C(F)(F)F)c1)N1CCN(C/C(=N\OCCCN2CCOCC2)c2ccccc2)C[C@H]1Cc1c[nH]c2ccccc12. The maximum Gasteiger partial charge on any atom is 0.416 e. The third-order valence-corrected chi connectivity index (χ3v) is 9.26. The molecule has 0 aliphatic carbocycles. The van der Waals surface area contributed by atoms with Gasteiger partial charge in [-0.3, -0.25) is 14.6 Å². The van der Waals surface area contributed by atoms with Crippen LogP contribution in [-0.2, 0) is 28.3 Å². The Balaban J connectivity index is 1.24. The number of fused-ring (bicyclic) bond motifs is 1. The van der Waals surface area contributed by atoms with Crippen LogP contribution in [0.1, 0.15) is 39.0 Å². The van der Waals surface area contributed by atoms with Crippen LogP contribution in [-0.4, -0.2) is 103 Å². The number of amides is 1. The molecule has 14 heteroatoms. The zero-order valence-corrected chi connectivity index (χ0v) is 27.8. The Kier molecular flexibility index (Phi) is 11.3. The van der Waals surface area contributed by atoms with Gasteiger partial charge in [0.1, 0.15) is 12.3 Å². The van der Waals surface area contributed by atoms with E-state index in [0.29, 0.717) is 63.7 Å². The minimum absolute atomic E-state index is 0.0350. The fourth-order valence-corrected chi connectivity index (χ4v) is 6.62. The number of piperazine rings is 1. The fourth-order valence-electron chi connectivity index (χ4n) is 6.62. The number of carbonyl (C=O) groups is 1. The minimum atomic E-state index is -5.07. The number of nitrogens with one attached hydrogen (secondary N) is 1. The zero-order chi connectivity index (χ0) is 36.0. The van der Waals surface area contributed by atoms with Gasteiger partial charge in [-0.25, -0.2) is 0 Å². The molecule has 2 aliphatic rings. The molecule has 1 N–H and O–H groups in total. The predicted octanol–water partition coefficient (Wildman–Crippen LogP) is 6.72. The summed E-state index contributed by atoms with van der Waals surface area (Å²) in [5.74, 6) is -0.892. The van der Waals surface area contributed by atoms with Crippen LogP contribution in [0.15, 0.2) is 84.1 Å². The lowest BCUT2D eigenvalue weighted by Crippen LogP contribution is -2.56. The first-order valence-electron chi connectivity index (χ1n) is 16.9. The highest BCUT2D eigenvalue weighted by Gasteiger charge is 2.39. The number of halogens is 6. The number of aromatic nitrogens is 1. The highest BCUT2D eigenvalue weighted by Crippen LogP contribution is 2.37. The first-order valence-corrected chi connectivity index (χ1v) is 16.9. The first kappa shape index (κ1) is 36.4. The second-order valence-electron chi connectivity index (χ2n) is 12.8. The van der Waals surface area contributed by atoms with Gasteiger partial charge < -0.3 is 19.5 Å². The van der Waals surface area contributed by atoms with E-state index in [1.807, 2.05) is 60.8 Å². The third-order valence-electron chi connectivity index (χ3n) is 9.26. The standard InChI is InChI=1S/C37H39F6N5O3/c38-36(39,40)29-19-27(20-30(22-29)37(41,42)43)35(49)48-13-12-47(24-31(48)21-28-23-44-33-10-5-4-9-32(28)33)25-34(26-7-2-1-3-8-26)45-51-16-6-11-46-14-17-50-18-15-46/h1-5,7-10,19-20,22-23,31,44H,6,11-18,21,24-25H2/b45-34+/t31-/m1/s1. The van der Waals surface area contributed by atoms with Gasteiger partial charge in [0.15, 0.2) is 0 Å². The van der Waals surface area contributed by atoms with Crippen molar-refractivity contribution in [2.75, 3.05) is 65.6 Å². The second-order valence-corrected chi connectivity index (χ2v) is 12.8. The van der Waals surface area contributed by atoms with Gasteiger partial charge >= 0.3 is 12.4 Å². The van der Waals surface area contributed by atoms with Crippen molar-refractivity contribution in [3.63, 3.8) is 0 Å². The Labute approximate surface area is 291 Å². The largest absolute Gasteiger partial charge is 0.416 e. The number of hydrogen-bond acceptors (Lipinski definition) is 6. The molecule has 8 nitrogen and oxygen atoms in total. The fraction of sp³-hybridized carbons (Fsp3) is 0.405. The van der Waals surface area contributed by atoms with Gasteiger partial charge in [-0.2, -0.15) is 26.3 Å². The Hall–Kier alpha value is -4.40. The molecule has 1 atom stereocenters. The number of carbonyl (C=O) groups excluding carboxylic acids is 1. The highest BCUT2D eigenvalue weighted by molar-refractivity contribution is 6.01. The third kappa shape index (κ3) is 9.29. The average molecular weight is 716 g/mol. The number of para-hydroxylation sites is 1. The van der Waals surface area contributed by atoms with Gasteiger partial charge in [-0.15, -0.1) is 0 Å². The van der Waals surface area contributed by atoms with E-state index < -0.39 is 41.0 Å². The summed E-state index contributed by atoms with van der Waals surface area (Å²) in [6.07, 6.45) is -7.23. The number of morpholine rings is 1. The molecule has 272 valence electrons. The normalized spacial score (nSPS) is 18.4. The molecule has 3 heterocycles. The highest BCUT2D eigenvalue weighted by atomic mass is 19.4. The Morgan fingerprint density at radius 1 is 0.843 bits per heavy atom. The van der Waals surface area contributed by atoms with Crippen molar-refractivity contribution in [1.29, 1.82) is 0 Å². The summed E-state index contributed by atoms with van der Waals surface area (Å²) in [5, 5.41) is 5.43. The molecule has 6 rings (SSSR count). The molecule has 1 amide bonds. The maximum atomic E-state index is 13.9. The molecule has 51 heavy (non-hydrogen) atoms. The smallest absolute Gasteiger partial charge is 0.395 e. The summed E-state index contributed by atoms with van der Waals surface area (Å²) in [6, 6.07) is 17.6. The monoisotopic (exact) mass is 715 g/mol. The van der Waals surface area contributed by atoms with E-state index in [1.165, 1.54) is 4.90 Å². The number of benzene rings is 3. The molecule has 1 aromatic heterocycles. The minimum Gasteiger partial charge on any atom is -0.395 e. The zero-order valence-electron chi connectivity index (χ0n) is 27.8. The Morgan fingerprint density at radius 3 is 2.24 bits per heavy atom. The lowest BCUT2D eigenvalue weighted by molar-refractivity contribution is -0.143. The van der Waals surface area contributed by atoms with Crippen LogP contribution in [0.5, 0.6) is 0 Å². The lowest BCUT2D eigenvalue weighted by Gasteiger charge is -2.42. The number of aromatic amines is 1. The van der Waals surface area contributed by atoms with Crippen molar-refractivity contribution in [1.82, 2.24) is 19.7 Å². The van der Waals surface area contributed by atoms with E-state index in [0.717, 1.165) is 48.1 Å². The number of alkyl halides is 6. The van der Waals surface area contributed by atoms with Crippen molar-refractivity contribution in [3.05, 3.63) is 107 Å². The number of oxime groups is 1. The molecule has 0 spiro atoms. The van der Waals surface area contributed by atoms with E-state index in [-0.39, 0.29) is 12.6 Å². The number of rotatable bonds is 11. The van der Waals surface area contributed by atoms with Gasteiger partial charge in [0.2, 0.25) is 0 Å². The molecule has 0 radical (unpaired) electrons. The molecule has 2 fully saturated rings. The summed E-state index contributed by atoms with van der Waals surface area (Å²) in [7, 11) is 0. The van der Waals surface area contributed by atoms with Crippen LogP contribution in [0.3, 0.4) is 0 Å². The number of hydrogen-bond donors (Lipinski definition) is 1. The van der Waals surface area contributed by atoms with Crippen LogP contribution in [0, 0.1) is 0 Å². The van der Waals surface area contributed by atoms with Crippen molar-refractivity contribution < 1.29 is 40.7 Å². The van der Waals surface area contributed by atoms with Gasteiger partial charge in [-0.1, -0.05) is 53.7 Å². The molecular weight excluding hydrogens is 676 g/mol. The summed E-state index contributed by atoms with van der Waals surface area (Å²) in [5.41, 5.74) is -0.457. The number of ether oxygens (including phenoxy) is 1. The van der Waals surface area contributed by atoms with E-state index in [9.17, 15) is 31.1 Å². The molecular formula is C37H39F6N5O3. The van der Waals surface area contributed by atoms with E-state index >= 15 is 0 Å². The van der Waals surface area contributed by atoms with Gasteiger partial charge in [0.25, 0.3) is 5.91 Å². The van der Waals surface area contributed by atoms with Crippen molar-refractivity contribution in [2.24, 2.45) is 5.16 Å². The van der Waals surface area contributed by atoms with Crippen LogP contribution in [0.4, 0.5) is 26.3 Å². The summed E-state index contributed by atoms with van der Waals surface area (Å²) >= 11 is 0. The molecule has 3 aromatic carbocycles. The van der Waals surface area contributed by atoms with Crippen LogP contribution in [0.25, 0.3) is 10.9 Å². The van der Waals surface area contributed by atoms with Gasteiger partial charge in [0.05, 0.1) is 24.3 Å². The topological polar surface area (TPSA) is 73.4 Å². The predicted molar refractivity (Wildman–Crippen MR) is 181 cm³/mol. The van der Waals surface area contributed by atoms with Gasteiger partial charge in [0, 0.05) is 80.1 Å². The van der Waals surface area contributed by atoms with Crippen LogP contribution >= 0.6 is 0 Å². The summed E-state index contributed by atoms with van der Waals surface area (Å²) in [6.45, 7) is 5.49. The molecule has 2 aliphatic heterocycles. The quantitative estimate of drug-likeness (QED) is 0.0809. The maximum absolute atomic E-state index is 13.9. The van der Waals surface area contributed by atoms with E-state index in [4.69, 9.17) is 9.57 Å². The summed E-state index contributed by atoms with van der Waals surface area (Å²) in [4.78, 5) is 28.7. The van der Waals surface area contributed by atoms with Crippen LogP contribution in [0.2, 0.25) is 0 Å². The Morgan fingerprint density at radius 2 is 1.53 bits per heavy atom. The van der Waals surface area contributed by atoms with E-state index in [1.54, 1.807) is 0 Å². The molecule has 4 aromatic rings. The number of nitrogens with zero attached hydrogens (tertiary/aromatic N) is 4. The van der Waals surface area contributed by atoms with Crippen molar-refractivity contribution in [3.8, 4) is 0 Å². The summed E-state index contributed by atoms with van der Waals surface area (Å²) < 4.78 is 87.7. The molecule has 0 unspecified atom stereocenters.